The molecule has 0 saturated heterocycles. The van der Waals surface area contributed by atoms with E-state index in [4.69, 9.17) is 4.74 Å². The van der Waals surface area contributed by atoms with Crippen molar-refractivity contribution in [2.24, 2.45) is 0 Å². The topological polar surface area (TPSA) is 52.6 Å². The van der Waals surface area contributed by atoms with Gasteiger partial charge >= 0.3 is 17.9 Å². The number of esters is 2. The Bertz CT molecular complexity index is 280. The fourth-order valence-corrected chi connectivity index (χ4v) is 1.65. The highest BCUT2D eigenvalue weighted by atomic mass is 19.3. The summed E-state index contributed by atoms with van der Waals surface area (Å²) in [6.07, 6.45) is 4.49. The summed E-state index contributed by atoms with van der Waals surface area (Å²) in [5.74, 6) is -6.06. The maximum atomic E-state index is 12.4. The standard InChI is InChI=1S/C11H16F2O4/c1-11(12,13)10(15)16-7-9(14)17-8-5-3-2-4-6-8/h8H,2-7H2,1H3. The normalized spacial score (nSPS) is 17.6. The van der Waals surface area contributed by atoms with Gasteiger partial charge in [0.15, 0.2) is 6.61 Å². The van der Waals surface area contributed by atoms with Gasteiger partial charge in [0.1, 0.15) is 6.10 Å². The van der Waals surface area contributed by atoms with Crippen LogP contribution in [-0.4, -0.2) is 30.6 Å². The minimum Gasteiger partial charge on any atom is -0.460 e. The molecule has 0 aromatic heterocycles. The van der Waals surface area contributed by atoms with Crippen LogP contribution in [0.15, 0.2) is 0 Å². The number of carbonyl (C=O) groups excluding carboxylic acids is 2. The Morgan fingerprint density at radius 2 is 1.82 bits per heavy atom. The van der Waals surface area contributed by atoms with E-state index in [2.05, 4.69) is 4.74 Å². The highest BCUT2D eigenvalue weighted by Gasteiger charge is 2.34. The zero-order chi connectivity index (χ0) is 12.9. The summed E-state index contributed by atoms with van der Waals surface area (Å²) in [7, 11) is 0. The first-order valence-corrected chi connectivity index (χ1v) is 5.64. The van der Waals surface area contributed by atoms with E-state index in [-0.39, 0.29) is 6.10 Å². The van der Waals surface area contributed by atoms with E-state index < -0.39 is 24.5 Å². The third-order valence-electron chi connectivity index (χ3n) is 2.53. The van der Waals surface area contributed by atoms with Gasteiger partial charge in [0, 0.05) is 6.92 Å². The summed E-state index contributed by atoms with van der Waals surface area (Å²) in [4.78, 5) is 21.9. The van der Waals surface area contributed by atoms with Gasteiger partial charge in [-0.05, 0) is 25.7 Å². The Hall–Kier alpha value is -1.20. The first kappa shape index (κ1) is 13.9. The van der Waals surface area contributed by atoms with Crippen molar-refractivity contribution in [2.75, 3.05) is 6.61 Å². The second-order valence-corrected chi connectivity index (χ2v) is 4.21. The van der Waals surface area contributed by atoms with E-state index >= 15 is 0 Å². The van der Waals surface area contributed by atoms with Crippen molar-refractivity contribution in [3.05, 3.63) is 0 Å². The van der Waals surface area contributed by atoms with Crippen LogP contribution in [0.25, 0.3) is 0 Å². The van der Waals surface area contributed by atoms with Crippen molar-refractivity contribution >= 4 is 11.9 Å². The van der Waals surface area contributed by atoms with Gasteiger partial charge in [-0.25, -0.2) is 9.59 Å². The summed E-state index contributed by atoms with van der Waals surface area (Å²) in [5, 5.41) is 0. The van der Waals surface area contributed by atoms with Crippen molar-refractivity contribution in [1.29, 1.82) is 0 Å². The molecule has 17 heavy (non-hydrogen) atoms. The lowest BCUT2D eigenvalue weighted by Gasteiger charge is -2.21. The van der Waals surface area contributed by atoms with Crippen LogP contribution in [0.1, 0.15) is 39.0 Å². The van der Waals surface area contributed by atoms with Crippen LogP contribution in [0, 0.1) is 0 Å². The Balaban J connectivity index is 2.23. The van der Waals surface area contributed by atoms with Gasteiger partial charge in [-0.3, -0.25) is 0 Å². The zero-order valence-corrected chi connectivity index (χ0v) is 9.71. The number of hydrogen-bond donors (Lipinski definition) is 0. The van der Waals surface area contributed by atoms with Crippen LogP contribution >= 0.6 is 0 Å². The third kappa shape index (κ3) is 5.10. The Labute approximate surface area is 98.3 Å². The van der Waals surface area contributed by atoms with Crippen molar-refractivity contribution in [2.45, 2.75) is 51.1 Å². The molecule has 1 fully saturated rings. The quantitative estimate of drug-likeness (QED) is 0.717. The average Bonchev–Trinajstić information content (AvgIpc) is 2.26. The number of carbonyl (C=O) groups is 2. The fraction of sp³-hybridized carbons (Fsp3) is 0.818. The van der Waals surface area contributed by atoms with Crippen LogP contribution in [0.2, 0.25) is 0 Å². The monoisotopic (exact) mass is 250 g/mol. The molecule has 6 heteroatoms. The molecule has 0 atom stereocenters. The predicted molar refractivity (Wildman–Crippen MR) is 54.5 cm³/mol. The SMILES string of the molecule is CC(F)(F)C(=O)OCC(=O)OC1CCCCC1. The maximum Gasteiger partial charge on any atom is 0.377 e. The lowest BCUT2D eigenvalue weighted by atomic mass is 9.98. The van der Waals surface area contributed by atoms with Crippen molar-refractivity contribution in [1.82, 2.24) is 0 Å². The number of hydrogen-bond acceptors (Lipinski definition) is 4. The van der Waals surface area contributed by atoms with Crippen LogP contribution < -0.4 is 0 Å². The molecular weight excluding hydrogens is 234 g/mol. The molecule has 0 spiro atoms. The van der Waals surface area contributed by atoms with Crippen LogP contribution in [0.4, 0.5) is 8.78 Å². The minimum absolute atomic E-state index is 0.169. The summed E-state index contributed by atoms with van der Waals surface area (Å²) in [5.41, 5.74) is 0. The van der Waals surface area contributed by atoms with E-state index in [0.29, 0.717) is 6.92 Å². The number of rotatable bonds is 4. The lowest BCUT2D eigenvalue weighted by Crippen LogP contribution is -2.30. The molecule has 0 bridgehead atoms. The lowest BCUT2D eigenvalue weighted by molar-refractivity contribution is -0.177. The summed E-state index contributed by atoms with van der Waals surface area (Å²) >= 11 is 0. The Morgan fingerprint density at radius 1 is 1.24 bits per heavy atom. The molecule has 1 aliphatic carbocycles. The molecule has 0 amide bonds. The van der Waals surface area contributed by atoms with E-state index in [1.165, 1.54) is 0 Å². The first-order valence-electron chi connectivity index (χ1n) is 5.64. The van der Waals surface area contributed by atoms with Gasteiger partial charge in [-0.15, -0.1) is 0 Å². The predicted octanol–water partition coefficient (Wildman–Crippen LogP) is 2.06. The Kier molecular flexibility index (Phi) is 4.84. The molecule has 0 unspecified atom stereocenters. The molecular formula is C11H16F2O4. The molecule has 0 aromatic carbocycles. The molecule has 98 valence electrons. The average molecular weight is 250 g/mol. The van der Waals surface area contributed by atoms with E-state index in [1.807, 2.05) is 0 Å². The molecule has 4 nitrogen and oxygen atoms in total. The molecule has 1 aliphatic rings. The van der Waals surface area contributed by atoms with Crippen LogP contribution in [0.5, 0.6) is 0 Å². The molecule has 0 heterocycles. The fourth-order valence-electron chi connectivity index (χ4n) is 1.65. The first-order chi connectivity index (χ1) is 7.89. The van der Waals surface area contributed by atoms with Gasteiger partial charge in [-0.2, -0.15) is 8.78 Å². The minimum atomic E-state index is -3.58. The molecule has 0 N–H and O–H groups in total. The molecule has 0 aromatic rings. The highest BCUT2D eigenvalue weighted by Crippen LogP contribution is 2.20. The van der Waals surface area contributed by atoms with Gasteiger partial charge in [0.2, 0.25) is 0 Å². The molecule has 0 radical (unpaired) electrons. The summed E-state index contributed by atoms with van der Waals surface area (Å²) < 4.78 is 33.9. The van der Waals surface area contributed by atoms with Crippen molar-refractivity contribution in [3.8, 4) is 0 Å². The van der Waals surface area contributed by atoms with E-state index in [9.17, 15) is 18.4 Å². The molecule has 1 rings (SSSR count). The second-order valence-electron chi connectivity index (χ2n) is 4.21. The smallest absolute Gasteiger partial charge is 0.377 e. The van der Waals surface area contributed by atoms with Crippen molar-refractivity contribution in [3.63, 3.8) is 0 Å². The van der Waals surface area contributed by atoms with Gasteiger partial charge in [0.25, 0.3) is 0 Å². The van der Waals surface area contributed by atoms with Crippen LogP contribution in [0.3, 0.4) is 0 Å². The van der Waals surface area contributed by atoms with Crippen molar-refractivity contribution < 1.29 is 27.8 Å². The van der Waals surface area contributed by atoms with E-state index in [0.717, 1.165) is 32.1 Å². The number of alkyl halides is 2. The maximum absolute atomic E-state index is 12.4. The number of halogens is 2. The Morgan fingerprint density at radius 3 is 2.35 bits per heavy atom. The largest absolute Gasteiger partial charge is 0.460 e. The summed E-state index contributed by atoms with van der Waals surface area (Å²) in [6, 6.07) is 0. The number of ether oxygens (including phenoxy) is 2. The van der Waals surface area contributed by atoms with Gasteiger partial charge in [0.05, 0.1) is 0 Å². The second kappa shape index (κ2) is 5.93. The van der Waals surface area contributed by atoms with Crippen LogP contribution in [-0.2, 0) is 19.1 Å². The van der Waals surface area contributed by atoms with Gasteiger partial charge < -0.3 is 9.47 Å². The summed E-state index contributed by atoms with van der Waals surface area (Å²) in [6.45, 7) is -0.333. The third-order valence-corrected chi connectivity index (χ3v) is 2.53. The highest BCUT2D eigenvalue weighted by molar-refractivity contribution is 5.80. The molecule has 0 aliphatic heterocycles. The van der Waals surface area contributed by atoms with E-state index in [1.54, 1.807) is 0 Å². The molecule has 1 saturated carbocycles. The zero-order valence-electron chi connectivity index (χ0n) is 9.71. The van der Waals surface area contributed by atoms with Gasteiger partial charge in [-0.1, -0.05) is 6.42 Å².